The summed E-state index contributed by atoms with van der Waals surface area (Å²) in [5.74, 6) is 1.71. The fourth-order valence-corrected chi connectivity index (χ4v) is 5.81. The molecular weight excluding hydrogens is 384 g/mol. The van der Waals surface area contributed by atoms with E-state index in [1.54, 1.807) is 29.9 Å². The molecule has 1 amide bonds. The van der Waals surface area contributed by atoms with E-state index in [-0.39, 0.29) is 11.9 Å². The molecule has 0 bridgehead atoms. The second-order valence-corrected chi connectivity index (χ2v) is 9.28. The molecule has 4 heterocycles. The lowest BCUT2D eigenvalue weighted by Crippen LogP contribution is -2.30. The highest BCUT2D eigenvalue weighted by Crippen LogP contribution is 2.40. The molecule has 3 aromatic rings. The van der Waals surface area contributed by atoms with Gasteiger partial charge in [-0.1, -0.05) is 0 Å². The van der Waals surface area contributed by atoms with Gasteiger partial charge in [0.25, 0.3) is 0 Å². The van der Waals surface area contributed by atoms with Crippen molar-refractivity contribution in [3.05, 3.63) is 29.0 Å². The number of nitrogens with one attached hydrogen (secondary N) is 1. The molecule has 0 radical (unpaired) electrons. The maximum atomic E-state index is 12.4. The lowest BCUT2D eigenvalue weighted by Gasteiger charge is -2.18. The number of nitrogens with zero attached hydrogens (tertiary/aromatic N) is 5. The molecule has 6 rings (SSSR count). The molecular formula is C21H22N6OS. The summed E-state index contributed by atoms with van der Waals surface area (Å²) in [5, 5.41) is 4.77. The Labute approximate surface area is 172 Å². The predicted octanol–water partition coefficient (Wildman–Crippen LogP) is 3.20. The fourth-order valence-electron chi connectivity index (χ4n) is 4.55. The summed E-state index contributed by atoms with van der Waals surface area (Å²) in [7, 11) is 0. The van der Waals surface area contributed by atoms with E-state index in [9.17, 15) is 4.79 Å². The maximum absolute atomic E-state index is 12.4. The first-order valence-corrected chi connectivity index (χ1v) is 11.2. The van der Waals surface area contributed by atoms with Crippen molar-refractivity contribution in [2.45, 2.75) is 57.0 Å². The van der Waals surface area contributed by atoms with Gasteiger partial charge in [0.1, 0.15) is 16.3 Å². The first-order chi connectivity index (χ1) is 14.3. The number of aromatic nitrogens is 4. The van der Waals surface area contributed by atoms with E-state index < -0.39 is 0 Å². The van der Waals surface area contributed by atoms with Gasteiger partial charge in [0.05, 0.1) is 17.6 Å². The zero-order valence-corrected chi connectivity index (χ0v) is 16.9. The van der Waals surface area contributed by atoms with Crippen molar-refractivity contribution in [1.29, 1.82) is 0 Å². The molecule has 2 aliphatic carbocycles. The van der Waals surface area contributed by atoms with Crippen molar-refractivity contribution in [3.8, 4) is 11.5 Å². The first-order valence-electron chi connectivity index (χ1n) is 10.4. The standard InChI is InChI=1S/C21H22N6OS/c28-17-9-12(11-27(17)13-5-6-13)24-20-18-14-3-1-2-4-16(14)29-21(18)26-19(25-20)15-10-22-7-8-23-15/h7-8,10,12-13H,1-6,9,11H2,(H,24,25,26). The summed E-state index contributed by atoms with van der Waals surface area (Å²) >= 11 is 1.78. The van der Waals surface area contributed by atoms with Crippen LogP contribution in [0.4, 0.5) is 5.82 Å². The highest BCUT2D eigenvalue weighted by molar-refractivity contribution is 7.19. The molecule has 3 aromatic heterocycles. The Morgan fingerprint density at radius 1 is 1.14 bits per heavy atom. The normalized spacial score (nSPS) is 21.6. The van der Waals surface area contributed by atoms with Gasteiger partial charge in [-0.3, -0.25) is 9.78 Å². The molecule has 29 heavy (non-hydrogen) atoms. The molecule has 1 unspecified atom stereocenters. The van der Waals surface area contributed by atoms with Crippen LogP contribution in [0, 0.1) is 0 Å². The smallest absolute Gasteiger partial charge is 0.225 e. The van der Waals surface area contributed by atoms with E-state index in [0.29, 0.717) is 24.0 Å². The number of carbonyl (C=O) groups excluding carboxylic acids is 1. The molecule has 1 atom stereocenters. The first kappa shape index (κ1) is 17.3. The number of likely N-dealkylation sites (tertiary alicyclic amines) is 1. The summed E-state index contributed by atoms with van der Waals surface area (Å²) in [5.41, 5.74) is 2.07. The van der Waals surface area contributed by atoms with Gasteiger partial charge >= 0.3 is 0 Å². The highest BCUT2D eigenvalue weighted by atomic mass is 32.1. The molecule has 2 fully saturated rings. The Morgan fingerprint density at radius 2 is 2.03 bits per heavy atom. The predicted molar refractivity (Wildman–Crippen MR) is 112 cm³/mol. The van der Waals surface area contributed by atoms with Crippen LogP contribution in [0.1, 0.15) is 42.5 Å². The molecule has 7 nitrogen and oxygen atoms in total. The van der Waals surface area contributed by atoms with E-state index in [1.165, 1.54) is 23.3 Å². The number of hydrogen-bond donors (Lipinski definition) is 1. The van der Waals surface area contributed by atoms with E-state index in [0.717, 1.165) is 48.3 Å². The van der Waals surface area contributed by atoms with Gasteiger partial charge in [-0.25, -0.2) is 15.0 Å². The second-order valence-electron chi connectivity index (χ2n) is 8.20. The lowest BCUT2D eigenvalue weighted by molar-refractivity contribution is -0.128. The van der Waals surface area contributed by atoms with E-state index in [4.69, 9.17) is 9.97 Å². The molecule has 1 aliphatic heterocycles. The van der Waals surface area contributed by atoms with Gasteiger partial charge in [-0.15, -0.1) is 11.3 Å². The number of rotatable bonds is 4. The second kappa shape index (κ2) is 6.73. The zero-order chi connectivity index (χ0) is 19.4. The molecule has 148 valence electrons. The Balaban J connectivity index is 1.43. The van der Waals surface area contributed by atoms with E-state index in [2.05, 4.69) is 15.3 Å². The largest absolute Gasteiger partial charge is 0.364 e. The van der Waals surface area contributed by atoms with Crippen molar-refractivity contribution >= 4 is 33.3 Å². The Hall–Kier alpha value is -2.61. The summed E-state index contributed by atoms with van der Waals surface area (Å²) in [6, 6.07) is 0.554. The van der Waals surface area contributed by atoms with Gasteiger partial charge in [-0.2, -0.15) is 0 Å². The monoisotopic (exact) mass is 406 g/mol. The minimum Gasteiger partial charge on any atom is -0.364 e. The van der Waals surface area contributed by atoms with Crippen molar-refractivity contribution in [2.24, 2.45) is 0 Å². The SMILES string of the molecule is O=C1CC(Nc2nc(-c3cnccn3)nc3sc4c(c23)CCCC4)CN1C1CC1. The lowest BCUT2D eigenvalue weighted by atomic mass is 9.97. The van der Waals surface area contributed by atoms with Crippen molar-refractivity contribution in [2.75, 3.05) is 11.9 Å². The molecule has 0 aromatic carbocycles. The van der Waals surface area contributed by atoms with Gasteiger partial charge in [0, 0.05) is 36.3 Å². The Bertz CT molecular complexity index is 1090. The minimum atomic E-state index is 0.0926. The minimum absolute atomic E-state index is 0.0926. The molecule has 1 saturated heterocycles. The van der Waals surface area contributed by atoms with Gasteiger partial charge in [-0.05, 0) is 44.1 Å². The van der Waals surface area contributed by atoms with Crippen LogP contribution in [0.3, 0.4) is 0 Å². The number of aryl methyl sites for hydroxylation is 2. The third-order valence-corrected chi connectivity index (χ3v) is 7.28. The van der Waals surface area contributed by atoms with Crippen molar-refractivity contribution < 1.29 is 4.79 Å². The van der Waals surface area contributed by atoms with Crippen molar-refractivity contribution in [1.82, 2.24) is 24.8 Å². The van der Waals surface area contributed by atoms with Crippen LogP contribution in [-0.4, -0.2) is 49.4 Å². The molecule has 1 N–H and O–H groups in total. The van der Waals surface area contributed by atoms with Crippen LogP contribution in [0.5, 0.6) is 0 Å². The van der Waals surface area contributed by atoms with Gasteiger partial charge < -0.3 is 10.2 Å². The average Bonchev–Trinajstić information content (AvgIpc) is 3.42. The summed E-state index contributed by atoms with van der Waals surface area (Å²) in [6.07, 6.45) is 12.5. The fraction of sp³-hybridized carbons (Fsp3) is 0.476. The number of fused-ring (bicyclic) bond motifs is 3. The summed E-state index contributed by atoms with van der Waals surface area (Å²) in [6.45, 7) is 0.766. The van der Waals surface area contributed by atoms with E-state index in [1.807, 2.05) is 4.90 Å². The van der Waals surface area contributed by atoms with Crippen molar-refractivity contribution in [3.63, 3.8) is 0 Å². The Kier molecular flexibility index (Phi) is 4.00. The maximum Gasteiger partial charge on any atom is 0.225 e. The van der Waals surface area contributed by atoms with Crippen LogP contribution < -0.4 is 5.32 Å². The zero-order valence-electron chi connectivity index (χ0n) is 16.1. The van der Waals surface area contributed by atoms with Crippen LogP contribution in [0.2, 0.25) is 0 Å². The average molecular weight is 407 g/mol. The van der Waals surface area contributed by atoms with Gasteiger partial charge in [0.2, 0.25) is 5.91 Å². The van der Waals surface area contributed by atoms with Crippen LogP contribution in [0.15, 0.2) is 18.6 Å². The highest BCUT2D eigenvalue weighted by Gasteiger charge is 2.39. The summed E-state index contributed by atoms with van der Waals surface area (Å²) in [4.78, 5) is 35.2. The number of carbonyl (C=O) groups is 1. The number of anilines is 1. The number of hydrogen-bond acceptors (Lipinski definition) is 7. The summed E-state index contributed by atoms with van der Waals surface area (Å²) < 4.78 is 0. The van der Waals surface area contributed by atoms with Gasteiger partial charge in [0.15, 0.2) is 5.82 Å². The molecule has 1 saturated carbocycles. The van der Waals surface area contributed by atoms with Crippen LogP contribution in [0.25, 0.3) is 21.7 Å². The number of thiophene rings is 1. The number of amides is 1. The Morgan fingerprint density at radius 3 is 2.86 bits per heavy atom. The molecule has 8 heteroatoms. The van der Waals surface area contributed by atoms with E-state index >= 15 is 0 Å². The van der Waals surface area contributed by atoms with Crippen LogP contribution >= 0.6 is 11.3 Å². The molecule has 0 spiro atoms. The quantitative estimate of drug-likeness (QED) is 0.716. The topological polar surface area (TPSA) is 83.9 Å². The van der Waals surface area contributed by atoms with Crippen LogP contribution in [-0.2, 0) is 17.6 Å². The molecule has 3 aliphatic rings. The third-order valence-electron chi connectivity index (χ3n) is 6.09. The third kappa shape index (κ3) is 3.06.